The minimum Gasteiger partial charge on any atom is -0.368 e. The van der Waals surface area contributed by atoms with Crippen LogP contribution in [0.5, 0.6) is 0 Å². The van der Waals surface area contributed by atoms with E-state index >= 15 is 0 Å². The van der Waals surface area contributed by atoms with Crippen molar-refractivity contribution in [1.29, 1.82) is 0 Å². The van der Waals surface area contributed by atoms with Crippen molar-refractivity contribution in [2.24, 2.45) is 5.73 Å². The maximum absolute atomic E-state index is 11.5. The first kappa shape index (κ1) is 13.7. The van der Waals surface area contributed by atoms with Gasteiger partial charge in [0.25, 0.3) is 0 Å². The van der Waals surface area contributed by atoms with E-state index in [1.807, 2.05) is 11.5 Å². The third kappa shape index (κ3) is 3.56. The lowest BCUT2D eigenvalue weighted by molar-refractivity contribution is -0.120. The van der Waals surface area contributed by atoms with Gasteiger partial charge in [0.1, 0.15) is 6.04 Å². The second-order valence-electron chi connectivity index (χ2n) is 4.32. The SMILES string of the molecule is CCCn1cncc1C(NC(C)CC)C(N)=O. The summed E-state index contributed by atoms with van der Waals surface area (Å²) in [6.07, 6.45) is 5.40. The molecule has 0 saturated heterocycles. The van der Waals surface area contributed by atoms with Gasteiger partial charge in [0.15, 0.2) is 0 Å². The summed E-state index contributed by atoms with van der Waals surface area (Å²) in [5, 5.41) is 3.23. The third-order valence-electron chi connectivity index (χ3n) is 2.85. The Kier molecular flexibility index (Phi) is 5.15. The lowest BCUT2D eigenvalue weighted by Gasteiger charge is -2.21. The van der Waals surface area contributed by atoms with Crippen molar-refractivity contribution < 1.29 is 4.79 Å². The van der Waals surface area contributed by atoms with E-state index in [0.29, 0.717) is 0 Å². The predicted molar refractivity (Wildman–Crippen MR) is 67.3 cm³/mol. The Morgan fingerprint density at radius 3 is 2.82 bits per heavy atom. The first-order chi connectivity index (χ1) is 8.10. The van der Waals surface area contributed by atoms with Crippen molar-refractivity contribution in [3.8, 4) is 0 Å². The van der Waals surface area contributed by atoms with Crippen molar-refractivity contribution in [1.82, 2.24) is 14.9 Å². The Bertz CT molecular complexity index is 361. The zero-order valence-electron chi connectivity index (χ0n) is 10.8. The highest BCUT2D eigenvalue weighted by Gasteiger charge is 2.22. The lowest BCUT2D eigenvalue weighted by Crippen LogP contribution is -2.39. The Hall–Kier alpha value is -1.36. The average molecular weight is 238 g/mol. The molecule has 0 aliphatic rings. The second-order valence-corrected chi connectivity index (χ2v) is 4.32. The van der Waals surface area contributed by atoms with Crippen molar-refractivity contribution in [3.05, 3.63) is 18.2 Å². The molecule has 0 aromatic carbocycles. The van der Waals surface area contributed by atoms with Gasteiger partial charge in [0, 0.05) is 12.6 Å². The van der Waals surface area contributed by atoms with Crippen LogP contribution in [0.1, 0.15) is 45.3 Å². The summed E-state index contributed by atoms with van der Waals surface area (Å²) < 4.78 is 1.98. The molecule has 1 rings (SSSR count). The molecule has 0 aliphatic carbocycles. The van der Waals surface area contributed by atoms with E-state index in [9.17, 15) is 4.79 Å². The van der Waals surface area contributed by atoms with Crippen LogP contribution in [0.4, 0.5) is 0 Å². The van der Waals surface area contributed by atoms with Crippen LogP contribution in [-0.4, -0.2) is 21.5 Å². The predicted octanol–water partition coefficient (Wildman–Crippen LogP) is 1.21. The number of carbonyl (C=O) groups is 1. The van der Waals surface area contributed by atoms with Gasteiger partial charge in [-0.15, -0.1) is 0 Å². The van der Waals surface area contributed by atoms with E-state index < -0.39 is 6.04 Å². The van der Waals surface area contributed by atoms with E-state index in [2.05, 4.69) is 24.1 Å². The maximum atomic E-state index is 11.5. The second kappa shape index (κ2) is 6.39. The molecule has 0 saturated carbocycles. The molecular formula is C12H22N4O. The van der Waals surface area contributed by atoms with E-state index in [4.69, 9.17) is 5.73 Å². The Morgan fingerprint density at radius 2 is 2.29 bits per heavy atom. The van der Waals surface area contributed by atoms with Crippen molar-refractivity contribution in [3.63, 3.8) is 0 Å². The van der Waals surface area contributed by atoms with Gasteiger partial charge in [0.2, 0.25) is 5.91 Å². The molecule has 96 valence electrons. The number of nitrogens with one attached hydrogen (secondary N) is 1. The zero-order chi connectivity index (χ0) is 12.8. The number of primary amides is 1. The first-order valence-electron chi connectivity index (χ1n) is 6.15. The van der Waals surface area contributed by atoms with Gasteiger partial charge in [-0.2, -0.15) is 0 Å². The average Bonchev–Trinajstić information content (AvgIpc) is 2.73. The number of carbonyl (C=O) groups excluding carboxylic acids is 1. The number of hydrogen-bond acceptors (Lipinski definition) is 3. The number of nitrogens with two attached hydrogens (primary N) is 1. The van der Waals surface area contributed by atoms with Gasteiger partial charge < -0.3 is 10.3 Å². The quantitative estimate of drug-likeness (QED) is 0.750. The summed E-state index contributed by atoms with van der Waals surface area (Å²) in [5.41, 5.74) is 6.30. The van der Waals surface area contributed by atoms with E-state index in [-0.39, 0.29) is 11.9 Å². The monoisotopic (exact) mass is 238 g/mol. The summed E-state index contributed by atoms with van der Waals surface area (Å²) in [5.74, 6) is -0.358. The number of hydrogen-bond donors (Lipinski definition) is 2. The van der Waals surface area contributed by atoms with Crippen LogP contribution in [0.2, 0.25) is 0 Å². The van der Waals surface area contributed by atoms with Crippen LogP contribution in [0, 0.1) is 0 Å². The molecule has 0 spiro atoms. The highest BCUT2D eigenvalue weighted by Crippen LogP contribution is 2.14. The summed E-state index contributed by atoms with van der Waals surface area (Å²) in [7, 11) is 0. The molecule has 2 unspecified atom stereocenters. The van der Waals surface area contributed by atoms with E-state index in [1.54, 1.807) is 12.5 Å². The summed E-state index contributed by atoms with van der Waals surface area (Å²) in [4.78, 5) is 15.6. The minimum absolute atomic E-state index is 0.248. The van der Waals surface area contributed by atoms with Crippen LogP contribution in [-0.2, 0) is 11.3 Å². The van der Waals surface area contributed by atoms with Crippen molar-refractivity contribution in [2.45, 2.75) is 52.2 Å². The Labute approximate surface area is 102 Å². The standard InChI is InChI=1S/C12H22N4O/c1-4-6-16-8-14-7-10(16)11(12(13)17)15-9(3)5-2/h7-9,11,15H,4-6H2,1-3H3,(H2,13,17). The summed E-state index contributed by atoms with van der Waals surface area (Å²) in [6, 6.07) is -0.212. The number of rotatable bonds is 7. The maximum Gasteiger partial charge on any atom is 0.240 e. The molecule has 1 aromatic rings. The van der Waals surface area contributed by atoms with Crippen LogP contribution in [0.15, 0.2) is 12.5 Å². The molecule has 3 N–H and O–H groups in total. The van der Waals surface area contributed by atoms with Gasteiger partial charge >= 0.3 is 0 Å². The normalized spacial score (nSPS) is 14.5. The number of aryl methyl sites for hydroxylation is 1. The number of amides is 1. The lowest BCUT2D eigenvalue weighted by atomic mass is 10.1. The largest absolute Gasteiger partial charge is 0.368 e. The molecule has 0 bridgehead atoms. The molecule has 5 heteroatoms. The Morgan fingerprint density at radius 1 is 1.59 bits per heavy atom. The number of imidazole rings is 1. The molecule has 1 aromatic heterocycles. The molecule has 1 heterocycles. The van der Waals surface area contributed by atoms with Crippen LogP contribution >= 0.6 is 0 Å². The van der Waals surface area contributed by atoms with Gasteiger partial charge in [0.05, 0.1) is 18.2 Å². The highest BCUT2D eigenvalue weighted by atomic mass is 16.1. The van der Waals surface area contributed by atoms with Crippen LogP contribution in [0.25, 0.3) is 0 Å². The van der Waals surface area contributed by atoms with Gasteiger partial charge in [-0.3, -0.25) is 10.1 Å². The molecule has 0 fully saturated rings. The van der Waals surface area contributed by atoms with Gasteiger partial charge in [-0.05, 0) is 19.8 Å². The molecular weight excluding hydrogens is 216 g/mol. The fourth-order valence-corrected chi connectivity index (χ4v) is 1.71. The highest BCUT2D eigenvalue weighted by molar-refractivity contribution is 5.80. The van der Waals surface area contributed by atoms with Crippen molar-refractivity contribution in [2.75, 3.05) is 0 Å². The third-order valence-corrected chi connectivity index (χ3v) is 2.85. The first-order valence-corrected chi connectivity index (χ1v) is 6.15. The summed E-state index contributed by atoms with van der Waals surface area (Å²) in [6.45, 7) is 7.04. The number of nitrogens with zero attached hydrogens (tertiary/aromatic N) is 2. The van der Waals surface area contributed by atoms with E-state index in [1.165, 1.54) is 0 Å². The zero-order valence-corrected chi connectivity index (χ0v) is 10.8. The van der Waals surface area contributed by atoms with Gasteiger partial charge in [-0.25, -0.2) is 4.98 Å². The van der Waals surface area contributed by atoms with E-state index in [0.717, 1.165) is 25.1 Å². The molecule has 0 radical (unpaired) electrons. The molecule has 0 aliphatic heterocycles. The summed E-state index contributed by atoms with van der Waals surface area (Å²) >= 11 is 0. The fourth-order valence-electron chi connectivity index (χ4n) is 1.71. The topological polar surface area (TPSA) is 72.9 Å². The molecule has 1 amide bonds. The smallest absolute Gasteiger partial charge is 0.240 e. The Balaban J connectivity index is 2.89. The minimum atomic E-state index is -0.459. The van der Waals surface area contributed by atoms with Crippen LogP contribution in [0.3, 0.4) is 0 Å². The fraction of sp³-hybridized carbons (Fsp3) is 0.667. The van der Waals surface area contributed by atoms with Gasteiger partial charge in [-0.1, -0.05) is 13.8 Å². The van der Waals surface area contributed by atoms with Crippen LogP contribution < -0.4 is 11.1 Å². The molecule has 17 heavy (non-hydrogen) atoms. The molecule has 5 nitrogen and oxygen atoms in total. The molecule has 2 atom stereocenters. The van der Waals surface area contributed by atoms with Crippen molar-refractivity contribution >= 4 is 5.91 Å². The number of aromatic nitrogens is 2.